The molecule has 0 aliphatic carbocycles. The molecule has 1 aromatic carbocycles. The van der Waals surface area contributed by atoms with Crippen LogP contribution >= 0.6 is 30.3 Å². The van der Waals surface area contributed by atoms with Crippen LogP contribution in [-0.2, 0) is 0 Å². The molecule has 12 heavy (non-hydrogen) atoms. The highest BCUT2D eigenvalue weighted by atomic mass is 127. The minimum atomic E-state index is -0.187. The Balaban J connectivity index is 2.75. The fourth-order valence-electron chi connectivity index (χ4n) is 1.14. The van der Waals surface area contributed by atoms with Crippen LogP contribution in [0.1, 0.15) is 0 Å². The summed E-state index contributed by atoms with van der Waals surface area (Å²) < 4.78 is 14.7. The molecule has 0 fully saturated rings. The van der Waals surface area contributed by atoms with Gasteiger partial charge in [0.25, 0.3) is 0 Å². The van der Waals surface area contributed by atoms with Gasteiger partial charge in [0.2, 0.25) is 0 Å². The molecular weight excluding hydrogens is 288 g/mol. The van der Waals surface area contributed by atoms with E-state index in [0.717, 1.165) is 10.9 Å². The monoisotopic (exact) mass is 293 g/mol. The van der Waals surface area contributed by atoms with E-state index in [9.17, 15) is 4.39 Å². The van der Waals surface area contributed by atoms with Gasteiger partial charge in [-0.3, -0.25) is 3.97 Å². The molecule has 1 nitrogen and oxygen atoms in total. The van der Waals surface area contributed by atoms with Crippen LogP contribution in [0, 0.1) is 5.82 Å². The summed E-state index contributed by atoms with van der Waals surface area (Å²) in [6, 6.07) is 6.78. The molecule has 0 N–H and O–H groups in total. The molecule has 0 atom stereocenters. The highest BCUT2D eigenvalue weighted by molar-refractivity contribution is 14.2. The molecule has 0 saturated carbocycles. The van der Waals surface area contributed by atoms with E-state index in [0.29, 0.717) is 0 Å². The van der Waals surface area contributed by atoms with Crippen molar-refractivity contribution in [3.63, 3.8) is 0 Å². The lowest BCUT2D eigenvalue weighted by Gasteiger charge is -1.96. The summed E-state index contributed by atoms with van der Waals surface area (Å²) in [4.78, 5) is 0. The molecule has 0 aliphatic heterocycles. The van der Waals surface area contributed by atoms with Crippen LogP contribution in [-0.4, -0.2) is 3.97 Å². The Hall–Kier alpha value is -0.230. The third-order valence-corrected chi connectivity index (χ3v) is 3.43. The summed E-state index contributed by atoms with van der Waals surface area (Å²) in [6.07, 6.45) is 1.93. The third kappa shape index (κ3) is 1.33. The van der Waals surface area contributed by atoms with E-state index < -0.39 is 0 Å². The third-order valence-electron chi connectivity index (χ3n) is 1.69. The van der Waals surface area contributed by atoms with E-state index in [-0.39, 0.29) is 5.82 Å². The molecule has 0 saturated heterocycles. The Bertz CT molecular complexity index is 412. The zero-order valence-corrected chi connectivity index (χ0v) is 8.97. The van der Waals surface area contributed by atoms with Crippen molar-refractivity contribution < 1.29 is 4.39 Å². The molecule has 0 aliphatic rings. The van der Waals surface area contributed by atoms with E-state index >= 15 is 0 Å². The first kappa shape index (κ1) is 8.37. The van der Waals surface area contributed by atoms with Gasteiger partial charge in [0, 0.05) is 41.9 Å². The first-order valence-corrected chi connectivity index (χ1v) is 6.68. The van der Waals surface area contributed by atoms with Crippen molar-refractivity contribution in [3.05, 3.63) is 36.3 Å². The predicted molar refractivity (Wildman–Crippen MR) is 58.9 cm³/mol. The molecule has 0 radical (unpaired) electrons. The minimum absolute atomic E-state index is 0.187. The molecule has 4 heteroatoms. The lowest BCUT2D eigenvalue weighted by Crippen LogP contribution is -1.79. The van der Waals surface area contributed by atoms with E-state index in [4.69, 9.17) is 0 Å². The maximum atomic E-state index is 12.8. The van der Waals surface area contributed by atoms with Gasteiger partial charge in [0.05, 0.1) is 5.52 Å². The average Bonchev–Trinajstić information content (AvgIpc) is 2.46. The van der Waals surface area contributed by atoms with E-state index in [2.05, 4.69) is 21.2 Å². The first-order valence-electron chi connectivity index (χ1n) is 3.37. The Morgan fingerprint density at radius 2 is 2.17 bits per heavy atom. The molecule has 62 valence electrons. The van der Waals surface area contributed by atoms with Gasteiger partial charge in [0.1, 0.15) is 5.82 Å². The van der Waals surface area contributed by atoms with Crippen LogP contribution in [0.2, 0.25) is 0 Å². The maximum Gasteiger partial charge on any atom is 0.125 e. The van der Waals surface area contributed by atoms with Gasteiger partial charge in [-0.2, -0.15) is 0 Å². The Kier molecular flexibility index (Phi) is 2.27. The molecular formula is C8H5FINS. The van der Waals surface area contributed by atoms with Gasteiger partial charge in [-0.25, -0.2) is 4.39 Å². The van der Waals surface area contributed by atoms with Crippen molar-refractivity contribution >= 4 is 41.2 Å². The van der Waals surface area contributed by atoms with Gasteiger partial charge in [-0.05, 0) is 24.3 Å². The topological polar surface area (TPSA) is 4.93 Å². The van der Waals surface area contributed by atoms with Crippen LogP contribution in [0.15, 0.2) is 30.5 Å². The molecule has 0 amide bonds. The number of aromatic nitrogens is 1. The van der Waals surface area contributed by atoms with Crippen LogP contribution in [0.25, 0.3) is 10.9 Å². The van der Waals surface area contributed by atoms with Crippen molar-refractivity contribution in [3.8, 4) is 0 Å². The zero-order valence-electron chi connectivity index (χ0n) is 6.00. The number of halogens is 2. The first-order chi connectivity index (χ1) is 5.81. The largest absolute Gasteiger partial charge is 0.282 e. The predicted octanol–water partition coefficient (Wildman–Crippen LogP) is 3.63. The van der Waals surface area contributed by atoms with Crippen LogP contribution in [0.3, 0.4) is 0 Å². The van der Waals surface area contributed by atoms with Crippen LogP contribution in [0.5, 0.6) is 0 Å². The van der Waals surface area contributed by atoms with E-state index in [1.807, 2.05) is 16.2 Å². The maximum absolute atomic E-state index is 12.8. The summed E-state index contributed by atoms with van der Waals surface area (Å²) >= 11 is 2.17. The second-order valence-corrected chi connectivity index (χ2v) is 4.13. The van der Waals surface area contributed by atoms with Gasteiger partial charge in [-0.15, -0.1) is 0 Å². The Labute approximate surface area is 85.7 Å². The van der Waals surface area contributed by atoms with Crippen LogP contribution in [0.4, 0.5) is 4.39 Å². The van der Waals surface area contributed by atoms with Crippen molar-refractivity contribution in [2.75, 3.05) is 0 Å². The highest BCUT2D eigenvalue weighted by Gasteiger charge is 2.00. The molecule has 0 unspecified atom stereocenters. The lowest BCUT2D eigenvalue weighted by atomic mass is 10.2. The van der Waals surface area contributed by atoms with Crippen molar-refractivity contribution in [1.29, 1.82) is 0 Å². The Morgan fingerprint density at radius 3 is 2.92 bits per heavy atom. The van der Waals surface area contributed by atoms with Gasteiger partial charge < -0.3 is 0 Å². The highest BCUT2D eigenvalue weighted by Crippen LogP contribution is 2.24. The Morgan fingerprint density at radius 1 is 1.33 bits per heavy atom. The number of nitrogens with zero attached hydrogens (tertiary/aromatic N) is 1. The van der Waals surface area contributed by atoms with Crippen molar-refractivity contribution in [2.24, 2.45) is 0 Å². The van der Waals surface area contributed by atoms with Gasteiger partial charge in [0.15, 0.2) is 0 Å². The number of benzene rings is 1. The molecule has 2 rings (SSSR count). The zero-order chi connectivity index (χ0) is 8.55. The summed E-state index contributed by atoms with van der Waals surface area (Å²) in [5.41, 5.74) is 0.925. The molecule has 0 bridgehead atoms. The molecule has 1 aromatic heterocycles. The van der Waals surface area contributed by atoms with Gasteiger partial charge in [-0.1, -0.05) is 0 Å². The summed E-state index contributed by atoms with van der Waals surface area (Å²) in [5.74, 6) is -0.187. The fraction of sp³-hybridized carbons (Fsp3) is 0. The molecule has 2 aromatic rings. The second kappa shape index (κ2) is 3.26. The number of rotatable bonds is 1. The minimum Gasteiger partial charge on any atom is -0.282 e. The van der Waals surface area contributed by atoms with Crippen molar-refractivity contribution in [2.45, 2.75) is 0 Å². The van der Waals surface area contributed by atoms with Gasteiger partial charge >= 0.3 is 0 Å². The van der Waals surface area contributed by atoms with Crippen LogP contribution < -0.4 is 0 Å². The fourth-order valence-corrected chi connectivity index (χ4v) is 2.51. The lowest BCUT2D eigenvalue weighted by molar-refractivity contribution is 0.629. The normalized spacial score (nSPS) is 10.8. The standard InChI is InChI=1S/C8H5FINS/c9-7-2-1-6-3-4-11(12-10)8(6)5-7/h1-5H. The average molecular weight is 293 g/mol. The summed E-state index contributed by atoms with van der Waals surface area (Å²) in [5, 5.41) is 1.07. The number of hydrogen-bond donors (Lipinski definition) is 0. The summed E-state index contributed by atoms with van der Waals surface area (Å²) in [6.45, 7) is 0. The molecule has 1 heterocycles. The van der Waals surface area contributed by atoms with E-state index in [1.54, 1.807) is 12.1 Å². The summed E-state index contributed by atoms with van der Waals surface area (Å²) in [7, 11) is 1.53. The molecule has 0 spiro atoms. The SMILES string of the molecule is Fc1ccc2ccn(SI)c2c1. The van der Waals surface area contributed by atoms with E-state index in [1.165, 1.54) is 15.2 Å². The smallest absolute Gasteiger partial charge is 0.125 e. The number of hydrogen-bond acceptors (Lipinski definition) is 1. The quantitative estimate of drug-likeness (QED) is 0.727. The van der Waals surface area contributed by atoms with Crippen molar-refractivity contribution in [1.82, 2.24) is 3.97 Å². The number of fused-ring (bicyclic) bond motifs is 1. The second-order valence-electron chi connectivity index (χ2n) is 2.41.